The highest BCUT2D eigenvalue weighted by molar-refractivity contribution is 7.07. The van der Waals surface area contributed by atoms with Gasteiger partial charge in [0.2, 0.25) is 0 Å². The maximum absolute atomic E-state index is 13.5. The molecule has 4 heteroatoms. The minimum Gasteiger partial charge on any atom is -0.370 e. The quantitative estimate of drug-likeness (QED) is 0.892. The Morgan fingerprint density at radius 2 is 2.11 bits per heavy atom. The summed E-state index contributed by atoms with van der Waals surface area (Å²) in [6.07, 6.45) is 0. The van der Waals surface area contributed by atoms with E-state index in [1.54, 1.807) is 23.5 Å². The molecule has 2 rings (SSSR count). The molecule has 0 spiro atoms. The molecule has 0 saturated heterocycles. The molecule has 0 atom stereocenters. The highest BCUT2D eigenvalue weighted by Crippen LogP contribution is 2.20. The molecule has 0 unspecified atom stereocenters. The summed E-state index contributed by atoms with van der Waals surface area (Å²) in [5.41, 5.74) is 3.12. The van der Waals surface area contributed by atoms with E-state index in [0.29, 0.717) is 6.54 Å². The Balaban J connectivity index is 2.16. The van der Waals surface area contributed by atoms with Gasteiger partial charge in [0, 0.05) is 25.8 Å². The smallest absolute Gasteiger partial charge is 0.125 e. The summed E-state index contributed by atoms with van der Waals surface area (Å²) >= 11 is 1.68. The SMILES string of the molecule is CNCc1cc(F)cc(N(C)Cc2ccsc2)c1. The van der Waals surface area contributed by atoms with Crippen LogP contribution in [0.5, 0.6) is 0 Å². The van der Waals surface area contributed by atoms with Gasteiger partial charge in [-0.05, 0) is 53.2 Å². The summed E-state index contributed by atoms with van der Waals surface area (Å²) in [5.74, 6) is -0.185. The zero-order valence-corrected chi connectivity index (χ0v) is 11.4. The number of anilines is 1. The van der Waals surface area contributed by atoms with Crippen molar-refractivity contribution in [3.05, 3.63) is 52.0 Å². The van der Waals surface area contributed by atoms with E-state index in [4.69, 9.17) is 0 Å². The molecule has 0 aliphatic carbocycles. The Hall–Kier alpha value is -1.39. The molecule has 0 fully saturated rings. The van der Waals surface area contributed by atoms with Gasteiger partial charge in [0.15, 0.2) is 0 Å². The van der Waals surface area contributed by atoms with Gasteiger partial charge < -0.3 is 10.2 Å². The Morgan fingerprint density at radius 1 is 1.28 bits per heavy atom. The molecule has 1 N–H and O–H groups in total. The standard InChI is InChI=1S/C14H17FN2S/c1-16-8-12-5-13(15)7-14(6-12)17(2)9-11-3-4-18-10-11/h3-7,10,16H,8-9H2,1-2H3. The van der Waals surface area contributed by atoms with Crippen LogP contribution in [-0.2, 0) is 13.1 Å². The Bertz CT molecular complexity index is 497. The van der Waals surface area contributed by atoms with Crippen LogP contribution in [0.25, 0.3) is 0 Å². The van der Waals surface area contributed by atoms with Crippen LogP contribution in [0, 0.1) is 5.82 Å². The van der Waals surface area contributed by atoms with E-state index < -0.39 is 0 Å². The zero-order chi connectivity index (χ0) is 13.0. The lowest BCUT2D eigenvalue weighted by molar-refractivity contribution is 0.623. The van der Waals surface area contributed by atoms with Gasteiger partial charge in [-0.2, -0.15) is 11.3 Å². The van der Waals surface area contributed by atoms with Crippen molar-refractivity contribution in [2.24, 2.45) is 0 Å². The third-order valence-electron chi connectivity index (χ3n) is 2.76. The molecule has 1 aromatic carbocycles. The minimum absolute atomic E-state index is 0.185. The van der Waals surface area contributed by atoms with Crippen molar-refractivity contribution in [1.29, 1.82) is 0 Å². The zero-order valence-electron chi connectivity index (χ0n) is 10.6. The highest BCUT2D eigenvalue weighted by atomic mass is 32.1. The van der Waals surface area contributed by atoms with Gasteiger partial charge in [-0.15, -0.1) is 0 Å². The Labute approximate surface area is 111 Å². The predicted molar refractivity (Wildman–Crippen MR) is 75.6 cm³/mol. The minimum atomic E-state index is -0.185. The molecule has 2 aromatic rings. The summed E-state index contributed by atoms with van der Waals surface area (Å²) in [5, 5.41) is 7.21. The first-order valence-electron chi connectivity index (χ1n) is 5.85. The molecule has 1 heterocycles. The molecular formula is C14H17FN2S. The van der Waals surface area contributed by atoms with Crippen molar-refractivity contribution in [1.82, 2.24) is 5.32 Å². The van der Waals surface area contributed by atoms with Crippen LogP contribution < -0.4 is 10.2 Å². The monoisotopic (exact) mass is 264 g/mol. The molecule has 0 radical (unpaired) electrons. The van der Waals surface area contributed by atoms with Gasteiger partial charge in [0.1, 0.15) is 5.82 Å². The fourth-order valence-electron chi connectivity index (χ4n) is 1.91. The van der Waals surface area contributed by atoms with Crippen molar-refractivity contribution in [3.8, 4) is 0 Å². The molecule has 96 valence electrons. The second-order valence-electron chi connectivity index (χ2n) is 4.34. The van der Waals surface area contributed by atoms with Crippen LogP contribution in [0.15, 0.2) is 35.0 Å². The van der Waals surface area contributed by atoms with E-state index in [2.05, 4.69) is 27.0 Å². The largest absolute Gasteiger partial charge is 0.370 e. The van der Waals surface area contributed by atoms with E-state index in [-0.39, 0.29) is 5.82 Å². The number of hydrogen-bond acceptors (Lipinski definition) is 3. The average molecular weight is 264 g/mol. The normalized spacial score (nSPS) is 10.6. The second kappa shape index (κ2) is 5.98. The molecule has 0 bridgehead atoms. The third kappa shape index (κ3) is 3.31. The molecule has 18 heavy (non-hydrogen) atoms. The number of nitrogens with one attached hydrogen (secondary N) is 1. The number of nitrogens with zero attached hydrogens (tertiary/aromatic N) is 1. The molecule has 0 aliphatic rings. The molecule has 2 nitrogen and oxygen atoms in total. The highest BCUT2D eigenvalue weighted by Gasteiger charge is 2.06. The molecule has 0 aliphatic heterocycles. The van der Waals surface area contributed by atoms with Gasteiger partial charge in [0.05, 0.1) is 0 Å². The topological polar surface area (TPSA) is 15.3 Å². The summed E-state index contributed by atoms with van der Waals surface area (Å²) in [6.45, 7) is 1.48. The van der Waals surface area contributed by atoms with Crippen LogP contribution in [0.3, 0.4) is 0 Å². The van der Waals surface area contributed by atoms with Gasteiger partial charge in [-0.25, -0.2) is 4.39 Å². The summed E-state index contributed by atoms with van der Waals surface area (Å²) in [6, 6.07) is 7.25. The van der Waals surface area contributed by atoms with Crippen molar-refractivity contribution >= 4 is 17.0 Å². The first-order valence-corrected chi connectivity index (χ1v) is 6.79. The van der Waals surface area contributed by atoms with E-state index >= 15 is 0 Å². The molecular weight excluding hydrogens is 247 g/mol. The van der Waals surface area contributed by atoms with Crippen LogP contribution >= 0.6 is 11.3 Å². The van der Waals surface area contributed by atoms with Crippen LogP contribution in [0.4, 0.5) is 10.1 Å². The van der Waals surface area contributed by atoms with Crippen molar-refractivity contribution in [2.45, 2.75) is 13.1 Å². The fraction of sp³-hybridized carbons (Fsp3) is 0.286. The van der Waals surface area contributed by atoms with Crippen molar-refractivity contribution in [3.63, 3.8) is 0 Å². The molecule has 0 saturated carbocycles. The average Bonchev–Trinajstić information content (AvgIpc) is 2.81. The van der Waals surface area contributed by atoms with Crippen LogP contribution in [0.2, 0.25) is 0 Å². The van der Waals surface area contributed by atoms with E-state index in [0.717, 1.165) is 17.8 Å². The number of hydrogen-bond donors (Lipinski definition) is 1. The molecule has 0 amide bonds. The van der Waals surface area contributed by atoms with E-state index in [1.807, 2.05) is 20.2 Å². The van der Waals surface area contributed by atoms with Crippen LogP contribution in [-0.4, -0.2) is 14.1 Å². The number of rotatable bonds is 5. The van der Waals surface area contributed by atoms with Gasteiger partial charge in [-0.1, -0.05) is 0 Å². The summed E-state index contributed by atoms with van der Waals surface area (Å²) in [7, 11) is 3.84. The Morgan fingerprint density at radius 3 is 2.78 bits per heavy atom. The second-order valence-corrected chi connectivity index (χ2v) is 5.12. The van der Waals surface area contributed by atoms with Crippen molar-refractivity contribution < 1.29 is 4.39 Å². The van der Waals surface area contributed by atoms with Gasteiger partial charge in [0.25, 0.3) is 0 Å². The van der Waals surface area contributed by atoms with Crippen molar-refractivity contribution in [2.75, 3.05) is 19.0 Å². The number of thiophene rings is 1. The maximum atomic E-state index is 13.5. The number of benzene rings is 1. The number of halogens is 1. The van der Waals surface area contributed by atoms with E-state index in [9.17, 15) is 4.39 Å². The lowest BCUT2D eigenvalue weighted by Crippen LogP contribution is -2.17. The summed E-state index contributed by atoms with van der Waals surface area (Å²) in [4.78, 5) is 2.06. The molecule has 1 aromatic heterocycles. The first-order chi connectivity index (χ1) is 8.69. The fourth-order valence-corrected chi connectivity index (χ4v) is 2.57. The lowest BCUT2D eigenvalue weighted by atomic mass is 10.1. The lowest BCUT2D eigenvalue weighted by Gasteiger charge is -2.19. The van der Waals surface area contributed by atoms with E-state index in [1.165, 1.54) is 5.56 Å². The Kier molecular flexibility index (Phi) is 4.33. The maximum Gasteiger partial charge on any atom is 0.125 e. The van der Waals surface area contributed by atoms with Gasteiger partial charge in [-0.3, -0.25) is 0 Å². The third-order valence-corrected chi connectivity index (χ3v) is 3.50. The summed E-state index contributed by atoms with van der Waals surface area (Å²) < 4.78 is 13.5. The van der Waals surface area contributed by atoms with Gasteiger partial charge >= 0.3 is 0 Å². The van der Waals surface area contributed by atoms with Crippen LogP contribution in [0.1, 0.15) is 11.1 Å². The predicted octanol–water partition coefficient (Wildman–Crippen LogP) is 3.24. The first kappa shape index (κ1) is 13.1.